The summed E-state index contributed by atoms with van der Waals surface area (Å²) in [4.78, 5) is 16.2. The normalized spacial score (nSPS) is 24.2. The van der Waals surface area contributed by atoms with Crippen molar-refractivity contribution in [2.24, 2.45) is 0 Å². The summed E-state index contributed by atoms with van der Waals surface area (Å²) in [6, 6.07) is -0.557. The predicted octanol–water partition coefficient (Wildman–Crippen LogP) is 3.74. The number of rotatable bonds is 9. The lowest BCUT2D eigenvalue weighted by Gasteiger charge is -2.23. The molecule has 2 fully saturated rings. The first-order valence-corrected chi connectivity index (χ1v) is 11.1. The quantitative estimate of drug-likeness (QED) is 0.643. The molecule has 1 aliphatic carbocycles. The number of hydrogen-bond acceptors (Lipinski definition) is 6. The molecule has 2 heterocycles. The zero-order chi connectivity index (χ0) is 19.2. The fraction of sp³-hybridized carbons (Fsp3) is 0.842. The first-order chi connectivity index (χ1) is 13.2. The molecule has 1 aliphatic heterocycles. The summed E-state index contributed by atoms with van der Waals surface area (Å²) in [6.07, 6.45) is 9.40. The average Bonchev–Trinajstić information content (AvgIpc) is 3.24. The largest absolute Gasteiger partial charge is 0.382 e. The van der Waals surface area contributed by atoms with Gasteiger partial charge in [0, 0.05) is 19.6 Å². The Balaban J connectivity index is 1.72. The molecular formula is C19H32N4O3S. The lowest BCUT2D eigenvalue weighted by molar-refractivity contribution is 0.0548. The molecule has 1 aromatic rings. The van der Waals surface area contributed by atoms with Crippen molar-refractivity contribution in [1.29, 1.82) is 0 Å². The highest BCUT2D eigenvalue weighted by Crippen LogP contribution is 2.38. The maximum atomic E-state index is 13.0. The van der Waals surface area contributed by atoms with E-state index in [2.05, 4.69) is 17.1 Å². The zero-order valence-corrected chi connectivity index (χ0v) is 17.3. The van der Waals surface area contributed by atoms with Gasteiger partial charge in [0.1, 0.15) is 11.0 Å². The summed E-state index contributed by atoms with van der Waals surface area (Å²) in [5.41, 5.74) is 0. The lowest BCUT2D eigenvalue weighted by Crippen LogP contribution is -2.41. The molecule has 0 radical (unpaired) electrons. The van der Waals surface area contributed by atoms with Crippen molar-refractivity contribution in [3.63, 3.8) is 0 Å². The van der Waals surface area contributed by atoms with Crippen LogP contribution in [0, 0.1) is 0 Å². The Labute approximate surface area is 165 Å². The summed E-state index contributed by atoms with van der Waals surface area (Å²) in [6.45, 7) is 3.11. The molecule has 3 rings (SSSR count). The molecule has 1 saturated carbocycles. The van der Waals surface area contributed by atoms with E-state index in [9.17, 15) is 9.90 Å². The van der Waals surface area contributed by atoms with Crippen LogP contribution in [0.15, 0.2) is 0 Å². The first kappa shape index (κ1) is 20.5. The number of ether oxygens (including phenoxy) is 1. The Kier molecular flexibility index (Phi) is 7.43. The second-order valence-electron chi connectivity index (χ2n) is 7.60. The zero-order valence-electron chi connectivity index (χ0n) is 16.5. The highest BCUT2D eigenvalue weighted by Gasteiger charge is 2.47. The molecule has 0 aromatic carbocycles. The number of hydrogen-bond donors (Lipinski definition) is 1. The molecule has 2 aliphatic rings. The van der Waals surface area contributed by atoms with E-state index in [4.69, 9.17) is 4.74 Å². The van der Waals surface area contributed by atoms with Crippen LogP contribution in [0.2, 0.25) is 0 Å². The summed E-state index contributed by atoms with van der Waals surface area (Å²) in [5, 5.41) is 20.9. The number of anilines is 1. The van der Waals surface area contributed by atoms with E-state index in [1.165, 1.54) is 35.5 Å². The van der Waals surface area contributed by atoms with Gasteiger partial charge in [-0.05, 0) is 19.3 Å². The fourth-order valence-electron chi connectivity index (χ4n) is 4.08. The molecule has 7 nitrogen and oxygen atoms in total. The summed E-state index contributed by atoms with van der Waals surface area (Å²) in [5.74, 6) is 0.444. The van der Waals surface area contributed by atoms with Crippen LogP contribution in [0.5, 0.6) is 0 Å². The molecule has 8 heteroatoms. The smallest absolute Gasteiger partial charge is 0.329 e. The molecule has 2 atom stereocenters. The van der Waals surface area contributed by atoms with Gasteiger partial charge in [-0.1, -0.05) is 56.8 Å². The van der Waals surface area contributed by atoms with Gasteiger partial charge in [0.05, 0.1) is 6.61 Å². The van der Waals surface area contributed by atoms with Crippen molar-refractivity contribution in [2.75, 3.05) is 25.2 Å². The van der Waals surface area contributed by atoms with Gasteiger partial charge in [0.2, 0.25) is 5.13 Å². The predicted molar refractivity (Wildman–Crippen MR) is 106 cm³/mol. The van der Waals surface area contributed by atoms with E-state index in [1.807, 2.05) is 0 Å². The third-order valence-electron chi connectivity index (χ3n) is 5.64. The number of unbranched alkanes of at least 4 members (excludes halogenated alkanes) is 3. The SMILES string of the molecule is CCCCCCN1C(=O)N(c2nnc(C3CCCCC3)s2)C(O)C1COC. The number of nitrogens with zero attached hydrogens (tertiary/aromatic N) is 4. The van der Waals surface area contributed by atoms with E-state index in [0.29, 0.717) is 24.2 Å². The van der Waals surface area contributed by atoms with Crippen molar-refractivity contribution in [3.8, 4) is 0 Å². The summed E-state index contributed by atoms with van der Waals surface area (Å²) < 4.78 is 5.27. The van der Waals surface area contributed by atoms with Crippen LogP contribution in [-0.4, -0.2) is 58.8 Å². The number of amides is 2. The van der Waals surface area contributed by atoms with Crippen LogP contribution in [0.3, 0.4) is 0 Å². The Morgan fingerprint density at radius 2 is 1.96 bits per heavy atom. The molecule has 2 unspecified atom stereocenters. The molecule has 1 N–H and O–H groups in total. The molecule has 152 valence electrons. The summed E-state index contributed by atoms with van der Waals surface area (Å²) in [7, 11) is 1.60. The van der Waals surface area contributed by atoms with Crippen LogP contribution in [-0.2, 0) is 4.74 Å². The van der Waals surface area contributed by atoms with Crippen LogP contribution in [0.25, 0.3) is 0 Å². The van der Waals surface area contributed by atoms with Gasteiger partial charge in [-0.2, -0.15) is 0 Å². The number of aliphatic hydroxyl groups excluding tert-OH is 1. The van der Waals surface area contributed by atoms with Gasteiger partial charge >= 0.3 is 6.03 Å². The Hall–Kier alpha value is -1.25. The number of carbonyl (C=O) groups is 1. The molecule has 0 spiro atoms. The topological polar surface area (TPSA) is 78.8 Å². The van der Waals surface area contributed by atoms with Crippen molar-refractivity contribution in [2.45, 2.75) is 82.9 Å². The monoisotopic (exact) mass is 396 g/mol. The van der Waals surface area contributed by atoms with Gasteiger partial charge in [-0.25, -0.2) is 9.69 Å². The third kappa shape index (κ3) is 4.60. The average molecular weight is 397 g/mol. The Morgan fingerprint density at radius 3 is 2.67 bits per heavy atom. The second-order valence-corrected chi connectivity index (χ2v) is 8.59. The van der Waals surface area contributed by atoms with Crippen molar-refractivity contribution < 1.29 is 14.6 Å². The first-order valence-electron chi connectivity index (χ1n) is 10.3. The standard InChI is InChI=1S/C19H32N4O3S/c1-3-4-5-9-12-22-15(13-26-2)17(24)23(19(22)25)18-21-20-16(27-18)14-10-7-6-8-11-14/h14-15,17,24H,3-13H2,1-2H3. The number of urea groups is 1. The minimum atomic E-state index is -0.948. The number of carbonyl (C=O) groups excluding carboxylic acids is 1. The number of aliphatic hydroxyl groups is 1. The minimum Gasteiger partial charge on any atom is -0.382 e. The van der Waals surface area contributed by atoms with Crippen molar-refractivity contribution in [3.05, 3.63) is 5.01 Å². The van der Waals surface area contributed by atoms with Gasteiger partial charge in [0.15, 0.2) is 6.23 Å². The van der Waals surface area contributed by atoms with Crippen LogP contribution in [0.1, 0.15) is 75.6 Å². The fourth-order valence-corrected chi connectivity index (χ4v) is 5.11. The third-order valence-corrected chi connectivity index (χ3v) is 6.73. The second kappa shape index (κ2) is 9.80. The van der Waals surface area contributed by atoms with E-state index in [-0.39, 0.29) is 12.1 Å². The van der Waals surface area contributed by atoms with E-state index >= 15 is 0 Å². The van der Waals surface area contributed by atoms with E-state index in [0.717, 1.165) is 43.5 Å². The number of aromatic nitrogens is 2. The Morgan fingerprint density at radius 1 is 1.19 bits per heavy atom. The molecular weight excluding hydrogens is 364 g/mol. The molecule has 1 aromatic heterocycles. The minimum absolute atomic E-state index is 0.188. The molecule has 0 bridgehead atoms. The number of methoxy groups -OCH3 is 1. The van der Waals surface area contributed by atoms with E-state index in [1.54, 1.807) is 12.0 Å². The van der Waals surface area contributed by atoms with Crippen molar-refractivity contribution >= 4 is 22.5 Å². The van der Waals surface area contributed by atoms with Crippen LogP contribution < -0.4 is 4.90 Å². The lowest BCUT2D eigenvalue weighted by atomic mass is 9.90. The van der Waals surface area contributed by atoms with Crippen LogP contribution >= 0.6 is 11.3 Å². The highest BCUT2D eigenvalue weighted by atomic mass is 32.1. The molecule has 1 saturated heterocycles. The van der Waals surface area contributed by atoms with Crippen molar-refractivity contribution in [1.82, 2.24) is 15.1 Å². The van der Waals surface area contributed by atoms with Gasteiger partial charge in [0.25, 0.3) is 0 Å². The highest BCUT2D eigenvalue weighted by molar-refractivity contribution is 7.15. The van der Waals surface area contributed by atoms with Gasteiger partial charge in [-0.15, -0.1) is 10.2 Å². The Bertz CT molecular complexity index is 606. The van der Waals surface area contributed by atoms with Gasteiger partial charge in [-0.3, -0.25) is 0 Å². The maximum Gasteiger partial charge on any atom is 0.329 e. The maximum absolute atomic E-state index is 13.0. The van der Waals surface area contributed by atoms with Crippen LogP contribution in [0.4, 0.5) is 9.93 Å². The summed E-state index contributed by atoms with van der Waals surface area (Å²) >= 11 is 1.45. The molecule has 2 amide bonds. The van der Waals surface area contributed by atoms with E-state index < -0.39 is 6.23 Å². The van der Waals surface area contributed by atoms with Gasteiger partial charge < -0.3 is 14.7 Å². The molecule has 27 heavy (non-hydrogen) atoms.